The Morgan fingerprint density at radius 2 is 2.25 bits per heavy atom. The highest BCUT2D eigenvalue weighted by Gasteiger charge is 2.15. The van der Waals surface area contributed by atoms with Crippen molar-refractivity contribution in [2.24, 2.45) is 0 Å². The molecule has 20 heavy (non-hydrogen) atoms. The van der Waals surface area contributed by atoms with Crippen LogP contribution in [0.2, 0.25) is 0 Å². The van der Waals surface area contributed by atoms with Crippen molar-refractivity contribution in [3.05, 3.63) is 26.9 Å². The summed E-state index contributed by atoms with van der Waals surface area (Å²) in [6, 6.07) is 1.72. The van der Waals surface area contributed by atoms with Crippen LogP contribution < -0.4 is 5.56 Å². The highest BCUT2D eigenvalue weighted by Crippen LogP contribution is 2.13. The molecule has 0 aliphatic rings. The summed E-state index contributed by atoms with van der Waals surface area (Å²) < 4.78 is 8.70. The molecule has 0 bridgehead atoms. The fraction of sp³-hybridized carbons (Fsp3) is 0.500. The fourth-order valence-electron chi connectivity index (χ4n) is 1.96. The molecule has 0 unspecified atom stereocenters. The fourth-order valence-corrected chi connectivity index (χ4v) is 2.19. The van der Waals surface area contributed by atoms with E-state index >= 15 is 0 Å². The van der Waals surface area contributed by atoms with Gasteiger partial charge in [0.15, 0.2) is 10.6 Å². The van der Waals surface area contributed by atoms with E-state index in [0.29, 0.717) is 35.9 Å². The molecule has 1 N–H and O–H groups in total. The summed E-state index contributed by atoms with van der Waals surface area (Å²) >= 11 is 5.19. The van der Waals surface area contributed by atoms with E-state index in [1.54, 1.807) is 17.7 Å². The quantitative estimate of drug-likeness (QED) is 0.837. The molecule has 0 aliphatic carbocycles. The van der Waals surface area contributed by atoms with Crippen LogP contribution >= 0.6 is 12.2 Å². The number of nitrogens with zero attached hydrogens (tertiary/aromatic N) is 4. The Bertz CT molecular complexity index is 715. The molecule has 0 radical (unpaired) electrons. The first-order valence-corrected chi connectivity index (χ1v) is 6.72. The first-order chi connectivity index (χ1) is 9.58. The average Bonchev–Trinajstić information content (AvgIpc) is 2.79. The van der Waals surface area contributed by atoms with Crippen molar-refractivity contribution in [3.63, 3.8) is 0 Å². The number of hydrogen-bond donors (Lipinski definition) is 1. The molecular formula is C12H17N5O2S. The van der Waals surface area contributed by atoms with Crippen molar-refractivity contribution in [2.75, 3.05) is 13.7 Å². The number of H-pyrrole nitrogens is 1. The lowest BCUT2D eigenvalue weighted by Gasteiger charge is -2.08. The Balaban J connectivity index is 2.60. The molecule has 8 heteroatoms. The third kappa shape index (κ3) is 2.70. The van der Waals surface area contributed by atoms with E-state index in [2.05, 4.69) is 15.3 Å². The highest BCUT2D eigenvalue weighted by molar-refractivity contribution is 7.71. The van der Waals surface area contributed by atoms with Crippen LogP contribution in [0, 0.1) is 11.7 Å². The van der Waals surface area contributed by atoms with E-state index in [1.807, 2.05) is 13.8 Å². The van der Waals surface area contributed by atoms with Crippen LogP contribution in [0.5, 0.6) is 0 Å². The van der Waals surface area contributed by atoms with Gasteiger partial charge in [0.1, 0.15) is 0 Å². The van der Waals surface area contributed by atoms with Gasteiger partial charge in [-0.15, -0.1) is 0 Å². The van der Waals surface area contributed by atoms with Crippen molar-refractivity contribution in [3.8, 4) is 11.4 Å². The molecule has 0 aliphatic heterocycles. The summed E-state index contributed by atoms with van der Waals surface area (Å²) in [7, 11) is 1.62. The summed E-state index contributed by atoms with van der Waals surface area (Å²) in [5, 5.41) is 11.1. The summed E-state index contributed by atoms with van der Waals surface area (Å²) in [5.41, 5.74) is 1.07. The number of nitrogens with one attached hydrogen (secondary N) is 1. The Morgan fingerprint density at radius 1 is 1.50 bits per heavy atom. The molecule has 0 aromatic carbocycles. The summed E-state index contributed by atoms with van der Waals surface area (Å²) in [4.78, 5) is 12.4. The standard InChI is InChI=1S/C12H17N5O2S/c1-4-17-11(18)9(7-8(2)15-17)10-13-14-12(20)16(10)5-6-19-3/h7H,4-6H2,1-3H3,(H,14,20). The summed E-state index contributed by atoms with van der Waals surface area (Å²) in [6.07, 6.45) is 0. The first kappa shape index (κ1) is 14.6. The number of hydrogen-bond acceptors (Lipinski definition) is 5. The van der Waals surface area contributed by atoms with Crippen LogP contribution in [-0.2, 0) is 17.8 Å². The van der Waals surface area contributed by atoms with Gasteiger partial charge in [0.05, 0.1) is 24.4 Å². The monoisotopic (exact) mass is 295 g/mol. The average molecular weight is 295 g/mol. The van der Waals surface area contributed by atoms with Gasteiger partial charge in [0.25, 0.3) is 5.56 Å². The van der Waals surface area contributed by atoms with E-state index in [1.165, 1.54) is 4.68 Å². The SMILES string of the molecule is CCn1nc(C)cc(-c2n[nH]c(=S)n2CCOC)c1=O. The van der Waals surface area contributed by atoms with Gasteiger partial charge < -0.3 is 4.74 Å². The lowest BCUT2D eigenvalue weighted by molar-refractivity contribution is 0.187. The Kier molecular flexibility index (Phi) is 4.46. The molecule has 0 spiro atoms. The zero-order chi connectivity index (χ0) is 14.7. The van der Waals surface area contributed by atoms with E-state index < -0.39 is 0 Å². The van der Waals surface area contributed by atoms with Crippen molar-refractivity contribution >= 4 is 12.2 Å². The van der Waals surface area contributed by atoms with Gasteiger partial charge in [-0.05, 0) is 32.1 Å². The van der Waals surface area contributed by atoms with Crippen molar-refractivity contribution in [1.29, 1.82) is 0 Å². The number of ether oxygens (including phenoxy) is 1. The Labute approximate surface area is 121 Å². The molecule has 2 rings (SSSR count). The lowest BCUT2D eigenvalue weighted by atomic mass is 10.2. The van der Waals surface area contributed by atoms with Gasteiger partial charge in [-0.1, -0.05) is 0 Å². The molecule has 0 saturated heterocycles. The third-order valence-electron chi connectivity index (χ3n) is 2.91. The largest absolute Gasteiger partial charge is 0.383 e. The van der Waals surface area contributed by atoms with Gasteiger partial charge >= 0.3 is 0 Å². The van der Waals surface area contributed by atoms with E-state index in [0.717, 1.165) is 5.69 Å². The van der Waals surface area contributed by atoms with Crippen molar-refractivity contribution < 1.29 is 4.74 Å². The van der Waals surface area contributed by atoms with Crippen LogP contribution in [0.25, 0.3) is 11.4 Å². The Hall–Kier alpha value is -1.80. The van der Waals surface area contributed by atoms with Crippen LogP contribution in [0.3, 0.4) is 0 Å². The van der Waals surface area contributed by atoms with Gasteiger partial charge in [0.2, 0.25) is 0 Å². The van der Waals surface area contributed by atoms with Crippen LogP contribution in [0.15, 0.2) is 10.9 Å². The number of rotatable bonds is 5. The number of aryl methyl sites for hydroxylation is 2. The van der Waals surface area contributed by atoms with E-state index in [4.69, 9.17) is 17.0 Å². The molecule has 0 atom stereocenters. The Morgan fingerprint density at radius 3 is 2.90 bits per heavy atom. The zero-order valence-electron chi connectivity index (χ0n) is 11.7. The van der Waals surface area contributed by atoms with Crippen LogP contribution in [-0.4, -0.2) is 38.3 Å². The van der Waals surface area contributed by atoms with E-state index in [9.17, 15) is 4.79 Å². The second-order valence-electron chi connectivity index (χ2n) is 4.32. The maximum Gasteiger partial charge on any atom is 0.277 e. The third-order valence-corrected chi connectivity index (χ3v) is 3.23. The first-order valence-electron chi connectivity index (χ1n) is 6.31. The van der Waals surface area contributed by atoms with Crippen LogP contribution in [0.1, 0.15) is 12.6 Å². The molecule has 2 aromatic heterocycles. The molecule has 0 saturated carbocycles. The highest BCUT2D eigenvalue weighted by atomic mass is 32.1. The van der Waals surface area contributed by atoms with Gasteiger partial charge in [-0.2, -0.15) is 10.2 Å². The normalized spacial score (nSPS) is 10.9. The predicted molar refractivity (Wildman–Crippen MR) is 77.2 cm³/mol. The molecule has 2 aromatic rings. The minimum atomic E-state index is -0.175. The maximum atomic E-state index is 12.4. The zero-order valence-corrected chi connectivity index (χ0v) is 12.5. The molecule has 2 heterocycles. The maximum absolute atomic E-state index is 12.4. The van der Waals surface area contributed by atoms with Crippen molar-refractivity contribution in [2.45, 2.75) is 26.9 Å². The summed E-state index contributed by atoms with van der Waals surface area (Å²) in [5.74, 6) is 0.518. The molecule has 7 nitrogen and oxygen atoms in total. The minimum absolute atomic E-state index is 0.175. The molecule has 0 fully saturated rings. The lowest BCUT2D eigenvalue weighted by Crippen LogP contribution is -2.25. The predicted octanol–water partition coefficient (Wildman–Crippen LogP) is 1.14. The molecule has 108 valence electrons. The number of aromatic amines is 1. The topological polar surface area (TPSA) is 77.7 Å². The van der Waals surface area contributed by atoms with Gasteiger partial charge in [-0.3, -0.25) is 14.5 Å². The smallest absolute Gasteiger partial charge is 0.277 e. The van der Waals surface area contributed by atoms with E-state index in [-0.39, 0.29) is 5.56 Å². The minimum Gasteiger partial charge on any atom is -0.383 e. The second kappa shape index (κ2) is 6.10. The number of aromatic nitrogens is 5. The van der Waals surface area contributed by atoms with Gasteiger partial charge in [0, 0.05) is 13.7 Å². The number of methoxy groups -OCH3 is 1. The van der Waals surface area contributed by atoms with Crippen LogP contribution in [0.4, 0.5) is 0 Å². The van der Waals surface area contributed by atoms with Crippen molar-refractivity contribution in [1.82, 2.24) is 24.5 Å². The van der Waals surface area contributed by atoms with Gasteiger partial charge in [-0.25, -0.2) is 4.68 Å². The molecular weight excluding hydrogens is 278 g/mol. The second-order valence-corrected chi connectivity index (χ2v) is 4.70. The summed E-state index contributed by atoms with van der Waals surface area (Å²) in [6.45, 7) is 5.26. The molecule has 0 amide bonds.